The van der Waals surface area contributed by atoms with Crippen LogP contribution in [0.5, 0.6) is 0 Å². The highest BCUT2D eigenvalue weighted by Crippen LogP contribution is 2.17. The molecule has 1 N–H and O–H groups in total. The predicted molar refractivity (Wildman–Crippen MR) is 68.7 cm³/mol. The van der Waals surface area contributed by atoms with Crippen LogP contribution in [0, 0.1) is 0 Å². The van der Waals surface area contributed by atoms with Crippen LogP contribution in [0.15, 0.2) is 0 Å². The molecule has 1 fully saturated rings. The zero-order valence-corrected chi connectivity index (χ0v) is 11.4. The van der Waals surface area contributed by atoms with Crippen LogP contribution in [0.2, 0.25) is 0 Å². The summed E-state index contributed by atoms with van der Waals surface area (Å²) in [4.78, 5) is 14.1. The summed E-state index contributed by atoms with van der Waals surface area (Å²) < 4.78 is 5.32. The van der Waals surface area contributed by atoms with Gasteiger partial charge in [0.05, 0.1) is 12.2 Å². The quantitative estimate of drug-likeness (QED) is 0.659. The van der Waals surface area contributed by atoms with Gasteiger partial charge in [0.2, 0.25) is 5.91 Å². The fourth-order valence-corrected chi connectivity index (χ4v) is 2.30. The van der Waals surface area contributed by atoms with E-state index in [1.807, 2.05) is 11.8 Å². The van der Waals surface area contributed by atoms with E-state index in [1.165, 1.54) is 0 Å². The van der Waals surface area contributed by atoms with Crippen molar-refractivity contribution in [1.82, 2.24) is 10.2 Å². The molecule has 2 unspecified atom stereocenters. The third kappa shape index (κ3) is 3.96. The number of carbonyl (C=O) groups excluding carboxylic acids is 1. The van der Waals surface area contributed by atoms with Gasteiger partial charge in [-0.05, 0) is 26.2 Å². The van der Waals surface area contributed by atoms with Gasteiger partial charge in [0.1, 0.15) is 0 Å². The Morgan fingerprint density at radius 2 is 2.12 bits per heavy atom. The van der Waals surface area contributed by atoms with Crippen LogP contribution in [-0.4, -0.2) is 42.8 Å². The van der Waals surface area contributed by atoms with E-state index in [0.29, 0.717) is 0 Å². The van der Waals surface area contributed by atoms with Crippen molar-refractivity contribution in [1.29, 1.82) is 0 Å². The van der Waals surface area contributed by atoms with E-state index in [9.17, 15) is 4.79 Å². The van der Waals surface area contributed by atoms with Gasteiger partial charge < -0.3 is 9.64 Å². The molecule has 0 aromatic heterocycles. The molecule has 1 aliphatic heterocycles. The Kier molecular flexibility index (Phi) is 6.52. The summed E-state index contributed by atoms with van der Waals surface area (Å²) in [7, 11) is 0. The summed E-state index contributed by atoms with van der Waals surface area (Å²) in [6.45, 7) is 8.52. The lowest BCUT2D eigenvalue weighted by atomic mass is 10.2. The Hall–Kier alpha value is -0.610. The van der Waals surface area contributed by atoms with Gasteiger partial charge in [0, 0.05) is 19.8 Å². The minimum atomic E-state index is 0.0265. The van der Waals surface area contributed by atoms with Gasteiger partial charge >= 0.3 is 0 Å². The number of ether oxygens (including phenoxy) is 1. The largest absolute Gasteiger partial charge is 0.382 e. The highest BCUT2D eigenvalue weighted by molar-refractivity contribution is 5.84. The number of nitrogens with one attached hydrogen (secondary N) is 1. The molecule has 0 aliphatic carbocycles. The van der Waals surface area contributed by atoms with Crippen molar-refractivity contribution in [2.24, 2.45) is 0 Å². The molecule has 0 saturated carbocycles. The van der Waals surface area contributed by atoms with Crippen molar-refractivity contribution in [2.45, 2.75) is 58.7 Å². The highest BCUT2D eigenvalue weighted by atomic mass is 16.5. The van der Waals surface area contributed by atoms with Gasteiger partial charge in [0.25, 0.3) is 0 Å². The third-order valence-corrected chi connectivity index (χ3v) is 3.21. The topological polar surface area (TPSA) is 41.6 Å². The Bertz CT molecular complexity index is 233. The summed E-state index contributed by atoms with van der Waals surface area (Å²) in [6.07, 6.45) is 4.18. The van der Waals surface area contributed by atoms with E-state index in [0.717, 1.165) is 45.4 Å². The van der Waals surface area contributed by atoms with Crippen LogP contribution < -0.4 is 5.32 Å². The first-order valence-electron chi connectivity index (χ1n) is 6.88. The predicted octanol–water partition coefficient (Wildman–Crippen LogP) is 1.75. The Morgan fingerprint density at radius 3 is 2.71 bits per heavy atom. The fourth-order valence-electron chi connectivity index (χ4n) is 2.30. The molecular formula is C13H26N2O2. The van der Waals surface area contributed by atoms with Gasteiger partial charge in [-0.2, -0.15) is 0 Å². The number of rotatable bonds is 8. The van der Waals surface area contributed by atoms with Gasteiger partial charge in [-0.25, -0.2) is 0 Å². The van der Waals surface area contributed by atoms with Gasteiger partial charge in [0.15, 0.2) is 0 Å². The Morgan fingerprint density at radius 1 is 1.35 bits per heavy atom. The van der Waals surface area contributed by atoms with Gasteiger partial charge in [-0.3, -0.25) is 10.1 Å². The molecule has 1 rings (SSSR count). The average Bonchev–Trinajstić information content (AvgIpc) is 2.62. The van der Waals surface area contributed by atoms with Crippen LogP contribution in [0.3, 0.4) is 0 Å². The first kappa shape index (κ1) is 14.5. The second-order valence-corrected chi connectivity index (χ2v) is 4.51. The van der Waals surface area contributed by atoms with Crippen molar-refractivity contribution in [3.05, 3.63) is 0 Å². The lowest BCUT2D eigenvalue weighted by molar-refractivity contribution is -0.130. The molecule has 4 nitrogen and oxygen atoms in total. The number of carbonyl (C=O) groups is 1. The first-order valence-corrected chi connectivity index (χ1v) is 6.88. The molecule has 1 heterocycles. The minimum absolute atomic E-state index is 0.0265. The smallest absolute Gasteiger partial charge is 0.241 e. The average molecular weight is 242 g/mol. The molecule has 100 valence electrons. The van der Waals surface area contributed by atoms with Crippen LogP contribution in [-0.2, 0) is 9.53 Å². The molecule has 17 heavy (non-hydrogen) atoms. The summed E-state index contributed by atoms with van der Waals surface area (Å²) in [5, 5.41) is 3.42. The van der Waals surface area contributed by atoms with E-state index in [4.69, 9.17) is 4.74 Å². The zero-order valence-electron chi connectivity index (χ0n) is 11.4. The normalized spacial score (nSPS) is 24.6. The van der Waals surface area contributed by atoms with Crippen molar-refractivity contribution < 1.29 is 9.53 Å². The molecular weight excluding hydrogens is 216 g/mol. The van der Waals surface area contributed by atoms with E-state index < -0.39 is 0 Å². The minimum Gasteiger partial charge on any atom is -0.382 e. The molecule has 1 amide bonds. The number of nitrogens with zero attached hydrogens (tertiary/aromatic N) is 1. The van der Waals surface area contributed by atoms with E-state index >= 15 is 0 Å². The highest BCUT2D eigenvalue weighted by Gasteiger charge is 2.36. The Labute approximate surface area is 105 Å². The second kappa shape index (κ2) is 7.67. The third-order valence-electron chi connectivity index (χ3n) is 3.21. The van der Waals surface area contributed by atoms with E-state index in [2.05, 4.69) is 19.2 Å². The lowest BCUT2D eigenvalue weighted by Crippen LogP contribution is -2.38. The van der Waals surface area contributed by atoms with Crippen LogP contribution in [0.1, 0.15) is 46.5 Å². The lowest BCUT2D eigenvalue weighted by Gasteiger charge is -2.23. The van der Waals surface area contributed by atoms with Crippen molar-refractivity contribution in [3.63, 3.8) is 0 Å². The summed E-state index contributed by atoms with van der Waals surface area (Å²) in [5.74, 6) is 0.266. The van der Waals surface area contributed by atoms with E-state index in [-0.39, 0.29) is 18.1 Å². The maximum Gasteiger partial charge on any atom is 0.241 e. The number of hydrogen-bond donors (Lipinski definition) is 1. The maximum atomic E-state index is 12.1. The molecule has 0 radical (unpaired) electrons. The van der Waals surface area contributed by atoms with Crippen LogP contribution in [0.25, 0.3) is 0 Å². The molecule has 0 spiro atoms. The van der Waals surface area contributed by atoms with Crippen LogP contribution in [0.4, 0.5) is 0 Å². The summed E-state index contributed by atoms with van der Waals surface area (Å²) in [5.41, 5.74) is 0. The Balaban J connectivity index is 2.43. The molecule has 0 bridgehead atoms. The zero-order chi connectivity index (χ0) is 12.7. The maximum absolute atomic E-state index is 12.1. The second-order valence-electron chi connectivity index (χ2n) is 4.51. The van der Waals surface area contributed by atoms with Crippen molar-refractivity contribution in [2.75, 3.05) is 19.8 Å². The summed E-state index contributed by atoms with van der Waals surface area (Å²) >= 11 is 0. The number of hydrogen-bond acceptors (Lipinski definition) is 3. The van der Waals surface area contributed by atoms with Crippen LogP contribution >= 0.6 is 0 Å². The standard InChI is InChI=1S/C13H26N2O2/c1-4-8-12-14-11(5-2)13(16)15(12)9-7-10-17-6-3/h11-12,14H,4-10H2,1-3H3. The molecule has 0 aromatic carbocycles. The summed E-state index contributed by atoms with van der Waals surface area (Å²) in [6, 6.07) is 0.0265. The van der Waals surface area contributed by atoms with Gasteiger partial charge in [-0.1, -0.05) is 20.3 Å². The van der Waals surface area contributed by atoms with Crippen molar-refractivity contribution in [3.8, 4) is 0 Å². The van der Waals surface area contributed by atoms with E-state index in [1.54, 1.807) is 0 Å². The molecule has 1 aliphatic rings. The molecule has 1 saturated heterocycles. The molecule has 0 aromatic rings. The SMILES string of the molecule is CCCC1NC(CC)C(=O)N1CCCOCC. The van der Waals surface area contributed by atoms with Gasteiger partial charge in [-0.15, -0.1) is 0 Å². The first-order chi connectivity index (χ1) is 8.24. The number of amides is 1. The molecule has 4 heteroatoms. The monoisotopic (exact) mass is 242 g/mol. The fraction of sp³-hybridized carbons (Fsp3) is 0.923. The van der Waals surface area contributed by atoms with Crippen molar-refractivity contribution >= 4 is 5.91 Å². The molecule has 2 atom stereocenters.